The third kappa shape index (κ3) is 2.55. The molecule has 1 saturated heterocycles. The normalized spacial score (nSPS) is 20.8. The van der Waals surface area contributed by atoms with Crippen molar-refractivity contribution in [3.8, 4) is 11.5 Å². The quantitative estimate of drug-likeness (QED) is 0.898. The van der Waals surface area contributed by atoms with Crippen molar-refractivity contribution in [2.24, 2.45) is 5.92 Å². The molecule has 2 aliphatic rings. The van der Waals surface area contributed by atoms with Gasteiger partial charge >= 0.3 is 0 Å². The Kier molecular flexibility index (Phi) is 3.62. The maximum Gasteiger partial charge on any atom is 0.161 e. The molecule has 19 heavy (non-hydrogen) atoms. The highest BCUT2D eigenvalue weighted by Crippen LogP contribution is 2.36. The molecular formula is C15H22N2O2. The number of hydrogen-bond donors (Lipinski definition) is 1. The minimum Gasteiger partial charge on any atom is -0.490 e. The Morgan fingerprint density at radius 1 is 1.16 bits per heavy atom. The first-order valence-electron chi connectivity index (χ1n) is 7.02. The number of rotatable bonds is 3. The van der Waals surface area contributed by atoms with Gasteiger partial charge in [0.05, 0.1) is 13.2 Å². The zero-order valence-electron chi connectivity index (χ0n) is 11.7. The average Bonchev–Trinajstić information content (AvgIpc) is 2.57. The number of ether oxygens (including phenoxy) is 2. The fourth-order valence-corrected chi connectivity index (χ4v) is 2.89. The van der Waals surface area contributed by atoms with Crippen LogP contribution in [0.15, 0.2) is 18.2 Å². The van der Waals surface area contributed by atoms with Crippen molar-refractivity contribution < 1.29 is 9.47 Å². The van der Waals surface area contributed by atoms with E-state index >= 15 is 0 Å². The number of nitrogens with zero attached hydrogens (tertiary/aromatic N) is 1. The third-order valence-electron chi connectivity index (χ3n) is 3.93. The van der Waals surface area contributed by atoms with Gasteiger partial charge in [0.25, 0.3) is 0 Å². The van der Waals surface area contributed by atoms with Gasteiger partial charge < -0.3 is 19.7 Å². The van der Waals surface area contributed by atoms with E-state index in [4.69, 9.17) is 9.47 Å². The molecule has 1 atom stereocenters. The molecule has 4 nitrogen and oxygen atoms in total. The molecule has 1 N–H and O–H groups in total. The molecule has 3 rings (SSSR count). The first kappa shape index (κ1) is 12.8. The first-order chi connectivity index (χ1) is 9.25. The van der Waals surface area contributed by atoms with Gasteiger partial charge in [-0.2, -0.15) is 0 Å². The second-order valence-electron chi connectivity index (χ2n) is 5.58. The van der Waals surface area contributed by atoms with Crippen molar-refractivity contribution in [2.45, 2.75) is 12.5 Å². The number of benzene rings is 1. The van der Waals surface area contributed by atoms with Crippen LogP contribution >= 0.6 is 0 Å². The Morgan fingerprint density at radius 3 is 2.53 bits per heavy atom. The van der Waals surface area contributed by atoms with Gasteiger partial charge in [0.15, 0.2) is 11.5 Å². The lowest BCUT2D eigenvalue weighted by Gasteiger charge is -2.39. The predicted molar refractivity (Wildman–Crippen MR) is 74.8 cm³/mol. The molecule has 0 spiro atoms. The summed E-state index contributed by atoms with van der Waals surface area (Å²) < 4.78 is 11.5. The van der Waals surface area contributed by atoms with E-state index in [1.165, 1.54) is 5.56 Å². The molecule has 1 unspecified atom stereocenters. The van der Waals surface area contributed by atoms with Crippen LogP contribution in [0.3, 0.4) is 0 Å². The van der Waals surface area contributed by atoms with E-state index in [0.29, 0.717) is 12.0 Å². The van der Waals surface area contributed by atoms with Crippen molar-refractivity contribution in [3.63, 3.8) is 0 Å². The highest BCUT2D eigenvalue weighted by atomic mass is 16.5. The summed E-state index contributed by atoms with van der Waals surface area (Å²) in [4.78, 5) is 2.30. The molecule has 0 radical (unpaired) electrons. The van der Waals surface area contributed by atoms with E-state index in [2.05, 4.69) is 42.5 Å². The van der Waals surface area contributed by atoms with Gasteiger partial charge in [-0.3, -0.25) is 0 Å². The summed E-state index contributed by atoms with van der Waals surface area (Å²) in [5.41, 5.74) is 1.32. The third-order valence-corrected chi connectivity index (χ3v) is 3.93. The minimum atomic E-state index is 0.443. The van der Waals surface area contributed by atoms with Gasteiger partial charge in [-0.25, -0.2) is 0 Å². The summed E-state index contributed by atoms with van der Waals surface area (Å²) in [6.45, 7) is 3.68. The van der Waals surface area contributed by atoms with Crippen LogP contribution in [0.1, 0.15) is 18.0 Å². The Hall–Kier alpha value is -1.26. The highest BCUT2D eigenvalue weighted by Gasteiger charge is 2.30. The monoisotopic (exact) mass is 262 g/mol. The molecule has 1 fully saturated rings. The number of fused-ring (bicyclic) bond motifs is 1. The van der Waals surface area contributed by atoms with Crippen molar-refractivity contribution in [2.75, 3.05) is 40.4 Å². The lowest BCUT2D eigenvalue weighted by atomic mass is 9.87. The summed E-state index contributed by atoms with van der Waals surface area (Å²) in [5.74, 6) is 2.46. The summed E-state index contributed by atoms with van der Waals surface area (Å²) in [6.07, 6.45) is 0.952. The highest BCUT2D eigenvalue weighted by molar-refractivity contribution is 5.44. The van der Waals surface area contributed by atoms with E-state index in [9.17, 15) is 0 Å². The van der Waals surface area contributed by atoms with Crippen molar-refractivity contribution in [3.05, 3.63) is 23.8 Å². The Morgan fingerprint density at radius 2 is 1.89 bits per heavy atom. The standard InChI is InChI=1S/C15H22N2O2/c1-17(2)15(12-9-16-10-12)11-4-5-13-14(8-11)19-7-3-6-18-13/h4-5,8,12,15-16H,3,6-7,9-10H2,1-2H3. The molecule has 104 valence electrons. The van der Waals surface area contributed by atoms with Crippen LogP contribution in [0, 0.1) is 5.92 Å². The second kappa shape index (κ2) is 5.39. The largest absolute Gasteiger partial charge is 0.490 e. The van der Waals surface area contributed by atoms with E-state index in [0.717, 1.165) is 44.2 Å². The van der Waals surface area contributed by atoms with Gasteiger partial charge in [-0.1, -0.05) is 6.07 Å². The Balaban J connectivity index is 1.88. The maximum absolute atomic E-state index is 5.79. The minimum absolute atomic E-state index is 0.443. The summed E-state index contributed by atoms with van der Waals surface area (Å²) in [5, 5.41) is 3.36. The molecule has 0 aromatic heterocycles. The first-order valence-corrected chi connectivity index (χ1v) is 7.02. The molecule has 2 aliphatic heterocycles. The molecule has 1 aromatic rings. The second-order valence-corrected chi connectivity index (χ2v) is 5.58. The fourth-order valence-electron chi connectivity index (χ4n) is 2.89. The smallest absolute Gasteiger partial charge is 0.161 e. The zero-order valence-corrected chi connectivity index (χ0v) is 11.7. The van der Waals surface area contributed by atoms with Gasteiger partial charge in [0, 0.05) is 31.5 Å². The van der Waals surface area contributed by atoms with Gasteiger partial charge in [0.1, 0.15) is 0 Å². The molecule has 0 bridgehead atoms. The van der Waals surface area contributed by atoms with Crippen LogP contribution in [-0.4, -0.2) is 45.3 Å². The lowest BCUT2D eigenvalue weighted by Crippen LogP contribution is -2.48. The number of hydrogen-bond acceptors (Lipinski definition) is 4. The predicted octanol–water partition coefficient (Wildman–Crippen LogP) is 1.67. The van der Waals surface area contributed by atoms with Crippen molar-refractivity contribution in [1.82, 2.24) is 10.2 Å². The lowest BCUT2D eigenvalue weighted by molar-refractivity contribution is 0.160. The van der Waals surface area contributed by atoms with E-state index in [-0.39, 0.29) is 0 Å². The molecule has 2 heterocycles. The van der Waals surface area contributed by atoms with Gasteiger partial charge in [0.2, 0.25) is 0 Å². The summed E-state index contributed by atoms with van der Waals surface area (Å²) in [7, 11) is 4.29. The van der Waals surface area contributed by atoms with Crippen molar-refractivity contribution in [1.29, 1.82) is 0 Å². The maximum atomic E-state index is 5.79. The van der Waals surface area contributed by atoms with Crippen LogP contribution in [0.25, 0.3) is 0 Å². The van der Waals surface area contributed by atoms with E-state index < -0.39 is 0 Å². The van der Waals surface area contributed by atoms with Gasteiger partial charge in [-0.05, 0) is 31.8 Å². The van der Waals surface area contributed by atoms with Crippen LogP contribution in [-0.2, 0) is 0 Å². The van der Waals surface area contributed by atoms with Crippen LogP contribution in [0.4, 0.5) is 0 Å². The van der Waals surface area contributed by atoms with Crippen LogP contribution in [0.5, 0.6) is 11.5 Å². The van der Waals surface area contributed by atoms with E-state index in [1.807, 2.05) is 0 Å². The zero-order chi connectivity index (χ0) is 13.2. The molecular weight excluding hydrogens is 240 g/mol. The Labute approximate surface area is 114 Å². The molecule has 0 aliphatic carbocycles. The van der Waals surface area contributed by atoms with Crippen molar-refractivity contribution >= 4 is 0 Å². The van der Waals surface area contributed by atoms with Crippen LogP contribution < -0.4 is 14.8 Å². The SMILES string of the molecule is CN(C)C(c1ccc2c(c1)OCCCO2)C1CNC1. The molecule has 1 aromatic carbocycles. The van der Waals surface area contributed by atoms with Gasteiger partial charge in [-0.15, -0.1) is 0 Å². The topological polar surface area (TPSA) is 33.7 Å². The molecule has 0 amide bonds. The Bertz CT molecular complexity index is 444. The van der Waals surface area contributed by atoms with E-state index in [1.54, 1.807) is 0 Å². The number of nitrogens with one attached hydrogen (secondary N) is 1. The molecule has 0 saturated carbocycles. The molecule has 4 heteroatoms. The van der Waals surface area contributed by atoms with Crippen LogP contribution in [0.2, 0.25) is 0 Å². The average molecular weight is 262 g/mol. The summed E-state index contributed by atoms with van der Waals surface area (Å²) >= 11 is 0. The summed E-state index contributed by atoms with van der Waals surface area (Å²) in [6, 6.07) is 6.83. The fraction of sp³-hybridized carbons (Fsp3) is 0.600.